The minimum absolute atomic E-state index is 0.354. The van der Waals surface area contributed by atoms with Crippen molar-refractivity contribution < 1.29 is 4.39 Å². The van der Waals surface area contributed by atoms with Crippen LogP contribution in [0.4, 0.5) is 4.39 Å². The number of hydrogen-bond acceptors (Lipinski definition) is 3. The van der Waals surface area contributed by atoms with Gasteiger partial charge in [-0.25, -0.2) is 4.39 Å². The summed E-state index contributed by atoms with van der Waals surface area (Å²) in [6, 6.07) is 4.52. The minimum atomic E-state index is -0.650. The number of likely N-dealkylation sites (tertiary alicyclic amines) is 1. The van der Waals surface area contributed by atoms with Crippen LogP contribution in [-0.2, 0) is 6.54 Å². The van der Waals surface area contributed by atoms with Crippen LogP contribution in [-0.4, -0.2) is 37.3 Å². The molecule has 2 heterocycles. The van der Waals surface area contributed by atoms with Gasteiger partial charge in [-0.05, 0) is 24.9 Å². The third kappa shape index (κ3) is 2.77. The number of nitrogens with one attached hydrogen (secondary N) is 1. The number of hydrogen-bond donors (Lipinski definition) is 1. The van der Waals surface area contributed by atoms with Gasteiger partial charge < -0.3 is 5.32 Å². The summed E-state index contributed by atoms with van der Waals surface area (Å²) in [5.74, 6) is 0. The van der Waals surface area contributed by atoms with E-state index in [2.05, 4.69) is 27.7 Å². The van der Waals surface area contributed by atoms with E-state index in [1.54, 1.807) is 11.3 Å². The van der Waals surface area contributed by atoms with Crippen molar-refractivity contribution in [1.82, 2.24) is 10.2 Å². The summed E-state index contributed by atoms with van der Waals surface area (Å²) in [7, 11) is 1.93. The quantitative estimate of drug-likeness (QED) is 0.846. The lowest BCUT2D eigenvalue weighted by molar-refractivity contribution is 0.234. The molecule has 0 radical (unpaired) electrons. The van der Waals surface area contributed by atoms with E-state index in [0.29, 0.717) is 19.0 Å². The molecule has 0 amide bonds. The monoisotopic (exact) mass is 228 g/mol. The van der Waals surface area contributed by atoms with Crippen LogP contribution in [0.1, 0.15) is 11.3 Å². The van der Waals surface area contributed by atoms with E-state index in [1.165, 1.54) is 4.88 Å². The van der Waals surface area contributed by atoms with Gasteiger partial charge in [-0.15, -0.1) is 11.3 Å². The third-order valence-corrected chi connectivity index (χ3v) is 3.72. The van der Waals surface area contributed by atoms with Crippen LogP contribution in [0.25, 0.3) is 0 Å². The van der Waals surface area contributed by atoms with Gasteiger partial charge in [0.05, 0.1) is 0 Å². The second-order valence-corrected chi connectivity index (χ2v) is 5.09. The fourth-order valence-electron chi connectivity index (χ4n) is 2.17. The van der Waals surface area contributed by atoms with Gasteiger partial charge in [0.25, 0.3) is 0 Å². The first-order valence-electron chi connectivity index (χ1n) is 5.34. The van der Waals surface area contributed by atoms with Crippen molar-refractivity contribution in [2.24, 2.45) is 0 Å². The average molecular weight is 228 g/mol. The van der Waals surface area contributed by atoms with Gasteiger partial charge in [0, 0.05) is 30.6 Å². The molecule has 0 aliphatic carbocycles. The maximum atomic E-state index is 13.3. The zero-order valence-corrected chi connectivity index (χ0v) is 9.77. The number of likely N-dealkylation sites (N-methyl/N-ethyl adjacent to an activating group) is 1. The van der Waals surface area contributed by atoms with E-state index >= 15 is 0 Å². The minimum Gasteiger partial charge on any atom is -0.318 e. The molecule has 2 rings (SSSR count). The Hall–Kier alpha value is -0.450. The molecule has 0 saturated carbocycles. The number of alkyl halides is 1. The molecule has 84 valence electrons. The van der Waals surface area contributed by atoms with Crippen LogP contribution in [0.15, 0.2) is 17.5 Å². The van der Waals surface area contributed by atoms with Crippen LogP contribution in [0, 0.1) is 0 Å². The molecule has 0 bridgehead atoms. The average Bonchev–Trinajstić information content (AvgIpc) is 2.78. The summed E-state index contributed by atoms with van der Waals surface area (Å²) in [6.45, 7) is 2.36. The predicted octanol–water partition coefficient (Wildman–Crippen LogP) is 1.88. The van der Waals surface area contributed by atoms with E-state index < -0.39 is 6.17 Å². The Morgan fingerprint density at radius 1 is 1.67 bits per heavy atom. The maximum Gasteiger partial charge on any atom is 0.114 e. The number of halogens is 1. The van der Waals surface area contributed by atoms with Gasteiger partial charge in [0.2, 0.25) is 0 Å². The Balaban J connectivity index is 1.94. The number of nitrogens with zero attached hydrogens (tertiary/aromatic N) is 1. The van der Waals surface area contributed by atoms with Crippen LogP contribution in [0.2, 0.25) is 0 Å². The molecule has 1 aromatic heterocycles. The molecule has 0 aromatic carbocycles. The van der Waals surface area contributed by atoms with Crippen LogP contribution >= 0.6 is 11.3 Å². The Morgan fingerprint density at radius 3 is 3.20 bits per heavy atom. The SMILES string of the molecule is CNCC1CC(F)CN1Cc1cccs1. The van der Waals surface area contributed by atoms with Crippen molar-refractivity contribution in [1.29, 1.82) is 0 Å². The second kappa shape index (κ2) is 5.05. The lowest BCUT2D eigenvalue weighted by Gasteiger charge is -2.22. The summed E-state index contributed by atoms with van der Waals surface area (Å²) in [4.78, 5) is 3.57. The predicted molar refractivity (Wildman–Crippen MR) is 62.0 cm³/mol. The van der Waals surface area contributed by atoms with Crippen molar-refractivity contribution in [3.8, 4) is 0 Å². The van der Waals surface area contributed by atoms with E-state index in [-0.39, 0.29) is 0 Å². The van der Waals surface area contributed by atoms with Gasteiger partial charge in [-0.2, -0.15) is 0 Å². The molecule has 2 atom stereocenters. The Bertz CT molecular complexity index is 289. The molecule has 2 nitrogen and oxygen atoms in total. The standard InChI is InChI=1S/C11H17FN2S/c1-13-6-10-5-9(12)7-14(10)8-11-3-2-4-15-11/h2-4,9-10,13H,5-8H2,1H3. The molecule has 1 saturated heterocycles. The largest absolute Gasteiger partial charge is 0.318 e. The summed E-state index contributed by atoms with van der Waals surface area (Å²) in [5, 5.41) is 5.21. The van der Waals surface area contributed by atoms with E-state index in [0.717, 1.165) is 13.1 Å². The second-order valence-electron chi connectivity index (χ2n) is 4.05. The molecule has 1 fully saturated rings. The Labute approximate surface area is 94.1 Å². The molecule has 4 heteroatoms. The zero-order valence-electron chi connectivity index (χ0n) is 8.95. The van der Waals surface area contributed by atoms with E-state index in [1.807, 2.05) is 7.05 Å². The fraction of sp³-hybridized carbons (Fsp3) is 0.636. The topological polar surface area (TPSA) is 15.3 Å². The highest BCUT2D eigenvalue weighted by atomic mass is 32.1. The van der Waals surface area contributed by atoms with Gasteiger partial charge in [-0.1, -0.05) is 6.07 Å². The Morgan fingerprint density at radius 2 is 2.53 bits per heavy atom. The van der Waals surface area contributed by atoms with Gasteiger partial charge in [0.1, 0.15) is 6.17 Å². The number of rotatable bonds is 4. The Kier molecular flexibility index (Phi) is 3.72. The van der Waals surface area contributed by atoms with Crippen molar-refractivity contribution in [2.45, 2.75) is 25.2 Å². The molecule has 0 spiro atoms. The zero-order chi connectivity index (χ0) is 10.7. The molecule has 1 aliphatic rings. The summed E-state index contributed by atoms with van der Waals surface area (Å²) in [5.41, 5.74) is 0. The van der Waals surface area contributed by atoms with Gasteiger partial charge in [0.15, 0.2) is 0 Å². The summed E-state index contributed by atoms with van der Waals surface area (Å²) in [6.07, 6.45) is 0.0231. The van der Waals surface area contributed by atoms with Crippen LogP contribution in [0.3, 0.4) is 0 Å². The van der Waals surface area contributed by atoms with Crippen molar-refractivity contribution >= 4 is 11.3 Å². The highest BCUT2D eigenvalue weighted by molar-refractivity contribution is 7.09. The molecule has 1 aliphatic heterocycles. The molecule has 1 aromatic rings. The van der Waals surface area contributed by atoms with Crippen LogP contribution in [0.5, 0.6) is 0 Å². The molecular formula is C11H17FN2S. The lowest BCUT2D eigenvalue weighted by atomic mass is 10.2. The summed E-state index contributed by atoms with van der Waals surface area (Å²) < 4.78 is 13.3. The maximum absolute atomic E-state index is 13.3. The van der Waals surface area contributed by atoms with Crippen molar-refractivity contribution in [2.75, 3.05) is 20.1 Å². The molecule has 2 unspecified atom stereocenters. The smallest absolute Gasteiger partial charge is 0.114 e. The van der Waals surface area contributed by atoms with Crippen LogP contribution < -0.4 is 5.32 Å². The first kappa shape index (κ1) is 11.0. The highest BCUT2D eigenvalue weighted by Crippen LogP contribution is 2.23. The first-order chi connectivity index (χ1) is 7.29. The van der Waals surface area contributed by atoms with Gasteiger partial charge in [-0.3, -0.25) is 4.90 Å². The third-order valence-electron chi connectivity index (χ3n) is 2.86. The molecular weight excluding hydrogens is 211 g/mol. The summed E-state index contributed by atoms with van der Waals surface area (Å²) >= 11 is 1.75. The molecule has 15 heavy (non-hydrogen) atoms. The fourth-order valence-corrected chi connectivity index (χ4v) is 2.90. The lowest BCUT2D eigenvalue weighted by Crippen LogP contribution is -2.36. The first-order valence-corrected chi connectivity index (χ1v) is 6.22. The number of thiophene rings is 1. The van der Waals surface area contributed by atoms with E-state index in [4.69, 9.17) is 0 Å². The molecule has 1 N–H and O–H groups in total. The van der Waals surface area contributed by atoms with Crippen molar-refractivity contribution in [3.63, 3.8) is 0 Å². The van der Waals surface area contributed by atoms with Gasteiger partial charge >= 0.3 is 0 Å². The van der Waals surface area contributed by atoms with E-state index in [9.17, 15) is 4.39 Å². The normalized spacial score (nSPS) is 27.3. The highest BCUT2D eigenvalue weighted by Gasteiger charge is 2.31. The van der Waals surface area contributed by atoms with Crippen molar-refractivity contribution in [3.05, 3.63) is 22.4 Å².